The van der Waals surface area contributed by atoms with E-state index in [4.69, 9.17) is 5.11 Å². The zero-order valence-corrected chi connectivity index (χ0v) is 10.6. The van der Waals surface area contributed by atoms with Crippen LogP contribution >= 0.6 is 12.4 Å². The summed E-state index contributed by atoms with van der Waals surface area (Å²) in [5.41, 5.74) is 0.743. The summed E-state index contributed by atoms with van der Waals surface area (Å²) in [7, 11) is 0. The Balaban J connectivity index is 0.00000256. The molecule has 0 radical (unpaired) electrons. The lowest BCUT2D eigenvalue weighted by atomic mass is 10.0. The molecule has 3 nitrogen and oxygen atoms in total. The number of aliphatic carboxylic acids is 1. The summed E-state index contributed by atoms with van der Waals surface area (Å²) in [6, 6.07) is 5.52. The molecular weight excluding hydrogens is 245 g/mol. The largest absolute Gasteiger partial charge is 0.480 e. The first kappa shape index (κ1) is 15.9. The van der Waals surface area contributed by atoms with E-state index >= 15 is 0 Å². The molecule has 0 saturated heterocycles. The maximum absolute atomic E-state index is 12.9. The van der Waals surface area contributed by atoms with E-state index in [9.17, 15) is 9.18 Å². The van der Waals surface area contributed by atoms with Crippen LogP contribution in [0.15, 0.2) is 24.3 Å². The third kappa shape index (κ3) is 5.15. The standard InChI is InChI=1S/C12H16FNO2.ClH/c1-8(2)11(12(15)16)14-7-9-4-3-5-10(13)6-9;/h3-6,8,11,14H,7H2,1-2H3,(H,15,16);1H. The predicted octanol–water partition coefficient (Wildman–Crippen LogP) is 2.45. The van der Waals surface area contributed by atoms with Gasteiger partial charge in [0.15, 0.2) is 0 Å². The molecule has 0 spiro atoms. The summed E-state index contributed by atoms with van der Waals surface area (Å²) in [5.74, 6) is -1.20. The molecule has 96 valence electrons. The highest BCUT2D eigenvalue weighted by Crippen LogP contribution is 2.06. The van der Waals surface area contributed by atoms with Gasteiger partial charge < -0.3 is 10.4 Å². The van der Waals surface area contributed by atoms with Crippen LogP contribution in [-0.4, -0.2) is 17.1 Å². The summed E-state index contributed by atoms with van der Waals surface area (Å²) in [6.45, 7) is 4.02. The fraction of sp³-hybridized carbons (Fsp3) is 0.417. The van der Waals surface area contributed by atoms with Crippen molar-refractivity contribution in [3.63, 3.8) is 0 Å². The molecule has 0 fully saturated rings. The third-order valence-corrected chi connectivity index (χ3v) is 2.35. The van der Waals surface area contributed by atoms with Crippen molar-refractivity contribution in [2.24, 2.45) is 5.92 Å². The van der Waals surface area contributed by atoms with Gasteiger partial charge in [-0.3, -0.25) is 4.79 Å². The second-order valence-electron chi connectivity index (χ2n) is 4.07. The van der Waals surface area contributed by atoms with E-state index < -0.39 is 12.0 Å². The minimum atomic E-state index is -0.883. The van der Waals surface area contributed by atoms with Crippen molar-refractivity contribution in [3.05, 3.63) is 35.6 Å². The molecule has 1 rings (SSSR count). The first-order chi connectivity index (χ1) is 7.50. The highest BCUT2D eigenvalue weighted by atomic mass is 35.5. The lowest BCUT2D eigenvalue weighted by Crippen LogP contribution is -2.40. The van der Waals surface area contributed by atoms with Crippen molar-refractivity contribution in [2.45, 2.75) is 26.4 Å². The minimum absolute atomic E-state index is 0. The van der Waals surface area contributed by atoms with Gasteiger partial charge in [0.05, 0.1) is 0 Å². The van der Waals surface area contributed by atoms with Crippen LogP contribution in [0.3, 0.4) is 0 Å². The van der Waals surface area contributed by atoms with Crippen molar-refractivity contribution in [2.75, 3.05) is 0 Å². The van der Waals surface area contributed by atoms with Gasteiger partial charge in [0.1, 0.15) is 11.9 Å². The van der Waals surface area contributed by atoms with Crippen LogP contribution in [0, 0.1) is 11.7 Å². The molecule has 0 saturated carbocycles. The number of nitrogens with one attached hydrogen (secondary N) is 1. The Hall–Kier alpha value is -1.13. The number of halogens is 2. The lowest BCUT2D eigenvalue weighted by Gasteiger charge is -2.17. The Labute approximate surface area is 106 Å². The van der Waals surface area contributed by atoms with Crippen LogP contribution in [0.1, 0.15) is 19.4 Å². The van der Waals surface area contributed by atoms with Crippen molar-refractivity contribution in [1.29, 1.82) is 0 Å². The first-order valence-electron chi connectivity index (χ1n) is 5.21. The lowest BCUT2D eigenvalue weighted by molar-refractivity contribution is -0.140. The Bertz CT molecular complexity index is 371. The van der Waals surface area contributed by atoms with Crippen molar-refractivity contribution in [3.8, 4) is 0 Å². The molecule has 0 amide bonds. The smallest absolute Gasteiger partial charge is 0.320 e. The third-order valence-electron chi connectivity index (χ3n) is 2.35. The van der Waals surface area contributed by atoms with Gasteiger partial charge in [-0.2, -0.15) is 0 Å². The number of hydrogen-bond donors (Lipinski definition) is 2. The van der Waals surface area contributed by atoms with Gasteiger partial charge in [0.2, 0.25) is 0 Å². The van der Waals surface area contributed by atoms with Gasteiger partial charge in [0.25, 0.3) is 0 Å². The normalized spacial score (nSPS) is 12.0. The molecule has 1 atom stereocenters. The molecule has 1 aromatic carbocycles. The summed E-state index contributed by atoms with van der Waals surface area (Å²) in [5, 5.41) is 11.8. The summed E-state index contributed by atoms with van der Waals surface area (Å²) in [4.78, 5) is 10.9. The summed E-state index contributed by atoms with van der Waals surface area (Å²) >= 11 is 0. The Morgan fingerprint density at radius 3 is 2.59 bits per heavy atom. The fourth-order valence-corrected chi connectivity index (χ4v) is 1.48. The average Bonchev–Trinajstić information content (AvgIpc) is 2.16. The maximum atomic E-state index is 12.9. The highest BCUT2D eigenvalue weighted by Gasteiger charge is 2.20. The topological polar surface area (TPSA) is 49.3 Å². The SMILES string of the molecule is CC(C)C(NCc1cccc(F)c1)C(=O)O.Cl. The second-order valence-corrected chi connectivity index (χ2v) is 4.07. The van der Waals surface area contributed by atoms with Gasteiger partial charge in [-0.1, -0.05) is 26.0 Å². The Morgan fingerprint density at radius 1 is 1.47 bits per heavy atom. The van der Waals surface area contributed by atoms with E-state index in [-0.39, 0.29) is 24.1 Å². The second kappa shape index (κ2) is 7.25. The molecule has 0 bridgehead atoms. The van der Waals surface area contributed by atoms with Crippen LogP contribution in [0.25, 0.3) is 0 Å². The van der Waals surface area contributed by atoms with Crippen molar-refractivity contribution in [1.82, 2.24) is 5.32 Å². The van der Waals surface area contributed by atoms with E-state index in [1.807, 2.05) is 13.8 Å². The molecule has 5 heteroatoms. The number of carboxylic acid groups (broad SMARTS) is 1. The minimum Gasteiger partial charge on any atom is -0.480 e. The quantitative estimate of drug-likeness (QED) is 0.856. The maximum Gasteiger partial charge on any atom is 0.320 e. The van der Waals surface area contributed by atoms with Gasteiger partial charge in [0, 0.05) is 6.54 Å². The predicted molar refractivity (Wildman–Crippen MR) is 66.7 cm³/mol. The molecular formula is C12H17ClFNO2. The number of carbonyl (C=O) groups is 1. The van der Waals surface area contributed by atoms with Gasteiger partial charge in [-0.25, -0.2) is 4.39 Å². The van der Waals surface area contributed by atoms with Crippen LogP contribution in [0.4, 0.5) is 4.39 Å². The Kier molecular flexibility index (Phi) is 6.76. The van der Waals surface area contributed by atoms with Crippen LogP contribution in [-0.2, 0) is 11.3 Å². The van der Waals surface area contributed by atoms with Crippen LogP contribution in [0.5, 0.6) is 0 Å². The fourth-order valence-electron chi connectivity index (χ4n) is 1.48. The number of rotatable bonds is 5. The van der Waals surface area contributed by atoms with Gasteiger partial charge >= 0.3 is 5.97 Å². The van der Waals surface area contributed by atoms with E-state index in [2.05, 4.69) is 5.32 Å². The molecule has 17 heavy (non-hydrogen) atoms. The van der Waals surface area contributed by atoms with E-state index in [1.165, 1.54) is 12.1 Å². The number of hydrogen-bond acceptors (Lipinski definition) is 2. The molecule has 2 N–H and O–H groups in total. The monoisotopic (exact) mass is 261 g/mol. The molecule has 1 aromatic rings. The Morgan fingerprint density at radius 2 is 2.12 bits per heavy atom. The molecule has 0 heterocycles. The number of carboxylic acids is 1. The van der Waals surface area contributed by atoms with Crippen molar-refractivity contribution >= 4 is 18.4 Å². The zero-order chi connectivity index (χ0) is 12.1. The van der Waals surface area contributed by atoms with E-state index in [0.29, 0.717) is 6.54 Å². The summed E-state index contributed by atoms with van der Waals surface area (Å²) in [6.07, 6.45) is 0. The number of benzene rings is 1. The van der Waals surface area contributed by atoms with Gasteiger partial charge in [-0.15, -0.1) is 12.4 Å². The molecule has 0 aliphatic heterocycles. The first-order valence-corrected chi connectivity index (χ1v) is 5.21. The average molecular weight is 262 g/mol. The van der Waals surface area contributed by atoms with E-state index in [0.717, 1.165) is 5.56 Å². The zero-order valence-electron chi connectivity index (χ0n) is 9.81. The molecule has 0 aliphatic carbocycles. The van der Waals surface area contributed by atoms with E-state index in [1.54, 1.807) is 12.1 Å². The van der Waals surface area contributed by atoms with Crippen LogP contribution < -0.4 is 5.32 Å². The molecule has 1 unspecified atom stereocenters. The molecule has 0 aliphatic rings. The highest BCUT2D eigenvalue weighted by molar-refractivity contribution is 5.85. The van der Waals surface area contributed by atoms with Crippen molar-refractivity contribution < 1.29 is 14.3 Å². The molecule has 0 aromatic heterocycles. The summed E-state index contributed by atoms with van der Waals surface area (Å²) < 4.78 is 12.9. The van der Waals surface area contributed by atoms with Crippen LogP contribution in [0.2, 0.25) is 0 Å². The van der Waals surface area contributed by atoms with Gasteiger partial charge in [-0.05, 0) is 23.6 Å².